The lowest BCUT2D eigenvalue weighted by Gasteiger charge is -1.98. The topological polar surface area (TPSA) is 57.0 Å². The van der Waals surface area contributed by atoms with E-state index in [4.69, 9.17) is 16.3 Å². The number of hydrogen-bond donors (Lipinski definition) is 0. The molecule has 0 radical (unpaired) electrons. The zero-order chi connectivity index (χ0) is 11.7. The third-order valence-electron chi connectivity index (χ3n) is 2.20. The summed E-state index contributed by atoms with van der Waals surface area (Å²) in [5, 5.41) is 0.322. The molecule has 2 aromatic rings. The molecule has 0 aliphatic carbocycles. The molecule has 6 heteroatoms. The van der Waals surface area contributed by atoms with Crippen molar-refractivity contribution in [2.45, 2.75) is 6.92 Å². The van der Waals surface area contributed by atoms with Gasteiger partial charge in [-0.3, -0.25) is 0 Å². The molecule has 2 heterocycles. The second-order valence-electron chi connectivity index (χ2n) is 3.24. The molecule has 0 spiro atoms. The summed E-state index contributed by atoms with van der Waals surface area (Å²) < 4.78 is 6.65. The molecule has 0 saturated carbocycles. The zero-order valence-corrected chi connectivity index (χ0v) is 9.65. The maximum atomic E-state index is 11.6. The first-order valence-electron chi connectivity index (χ1n) is 4.77. The summed E-state index contributed by atoms with van der Waals surface area (Å²) in [5.41, 5.74) is 1.55. The number of nitrogens with zero attached hydrogens (tertiary/aromatic N) is 3. The van der Waals surface area contributed by atoms with Gasteiger partial charge < -0.3 is 9.30 Å². The van der Waals surface area contributed by atoms with Crippen LogP contribution in [0.15, 0.2) is 12.5 Å². The second kappa shape index (κ2) is 4.09. The maximum Gasteiger partial charge on any atom is 0.341 e. The van der Waals surface area contributed by atoms with Crippen LogP contribution in [0.25, 0.3) is 11.0 Å². The number of fused-ring (bicyclic) bond motifs is 1. The van der Waals surface area contributed by atoms with E-state index in [0.717, 1.165) is 0 Å². The van der Waals surface area contributed by atoms with E-state index >= 15 is 0 Å². The van der Waals surface area contributed by atoms with Crippen molar-refractivity contribution in [1.29, 1.82) is 0 Å². The van der Waals surface area contributed by atoms with Gasteiger partial charge in [-0.15, -0.1) is 0 Å². The molecule has 16 heavy (non-hydrogen) atoms. The van der Waals surface area contributed by atoms with Crippen LogP contribution in [0.5, 0.6) is 0 Å². The normalized spacial score (nSPS) is 10.7. The first-order valence-corrected chi connectivity index (χ1v) is 5.15. The predicted molar refractivity (Wildman–Crippen MR) is 59.5 cm³/mol. The van der Waals surface area contributed by atoms with Gasteiger partial charge >= 0.3 is 5.97 Å². The van der Waals surface area contributed by atoms with Gasteiger partial charge in [0.25, 0.3) is 0 Å². The van der Waals surface area contributed by atoms with Crippen LogP contribution in [0.1, 0.15) is 17.3 Å². The fourth-order valence-electron chi connectivity index (χ4n) is 1.54. The van der Waals surface area contributed by atoms with E-state index in [1.807, 2.05) is 0 Å². The first kappa shape index (κ1) is 10.9. The Morgan fingerprint density at radius 2 is 2.31 bits per heavy atom. The number of rotatable bonds is 2. The van der Waals surface area contributed by atoms with Crippen LogP contribution in [0.4, 0.5) is 0 Å². The minimum atomic E-state index is -0.400. The molecule has 0 bridgehead atoms. The SMILES string of the molecule is CCOC(=O)c1cn(C)c2c(Cl)ncnc12. The third-order valence-corrected chi connectivity index (χ3v) is 2.48. The average Bonchev–Trinajstić information content (AvgIpc) is 2.58. The van der Waals surface area contributed by atoms with Gasteiger partial charge in [-0.1, -0.05) is 11.6 Å². The molecular weight excluding hydrogens is 230 g/mol. The van der Waals surface area contributed by atoms with E-state index in [2.05, 4.69) is 9.97 Å². The molecule has 2 rings (SSSR count). The van der Waals surface area contributed by atoms with Crippen LogP contribution in [0, 0.1) is 0 Å². The van der Waals surface area contributed by atoms with E-state index < -0.39 is 5.97 Å². The molecule has 0 amide bonds. The van der Waals surface area contributed by atoms with Gasteiger partial charge in [0.2, 0.25) is 0 Å². The fourth-order valence-corrected chi connectivity index (χ4v) is 1.81. The first-order chi connectivity index (χ1) is 7.65. The van der Waals surface area contributed by atoms with E-state index in [1.54, 1.807) is 24.7 Å². The summed E-state index contributed by atoms with van der Waals surface area (Å²) in [5.74, 6) is -0.400. The molecule has 0 fully saturated rings. The lowest BCUT2D eigenvalue weighted by atomic mass is 10.3. The Morgan fingerprint density at radius 3 is 3.00 bits per heavy atom. The number of aryl methyl sites for hydroxylation is 1. The number of ether oxygens (including phenoxy) is 1. The number of aromatic nitrogens is 3. The number of hydrogen-bond acceptors (Lipinski definition) is 4. The Bertz CT molecular complexity index is 550. The fraction of sp³-hybridized carbons (Fsp3) is 0.300. The summed E-state index contributed by atoms with van der Waals surface area (Å²) >= 11 is 5.93. The lowest BCUT2D eigenvalue weighted by molar-refractivity contribution is 0.0528. The number of carbonyl (C=O) groups is 1. The summed E-state index contributed by atoms with van der Waals surface area (Å²) in [4.78, 5) is 19.6. The van der Waals surface area contributed by atoms with Crippen molar-refractivity contribution in [2.75, 3.05) is 6.61 Å². The minimum absolute atomic E-state index is 0.322. The summed E-state index contributed by atoms with van der Waals surface area (Å²) in [6.45, 7) is 2.08. The molecular formula is C10H10ClN3O2. The van der Waals surface area contributed by atoms with E-state index in [9.17, 15) is 4.79 Å². The van der Waals surface area contributed by atoms with Gasteiger partial charge in [0.15, 0.2) is 5.15 Å². The Hall–Kier alpha value is -1.62. The molecule has 2 aromatic heterocycles. The monoisotopic (exact) mass is 239 g/mol. The molecule has 0 aliphatic heterocycles. The Labute approximate surface area is 97.0 Å². The van der Waals surface area contributed by atoms with Crippen molar-refractivity contribution >= 4 is 28.6 Å². The molecule has 0 unspecified atom stereocenters. The van der Waals surface area contributed by atoms with Gasteiger partial charge in [0, 0.05) is 13.2 Å². The molecule has 0 saturated heterocycles. The van der Waals surface area contributed by atoms with Gasteiger partial charge in [-0.25, -0.2) is 14.8 Å². The smallest absolute Gasteiger partial charge is 0.341 e. The highest BCUT2D eigenvalue weighted by molar-refractivity contribution is 6.34. The van der Waals surface area contributed by atoms with Gasteiger partial charge in [-0.05, 0) is 6.92 Å². The quantitative estimate of drug-likeness (QED) is 0.592. The van der Waals surface area contributed by atoms with Gasteiger partial charge in [0.05, 0.1) is 6.61 Å². The molecule has 0 aliphatic rings. The second-order valence-corrected chi connectivity index (χ2v) is 3.59. The van der Waals surface area contributed by atoms with Crippen LogP contribution in [0.2, 0.25) is 5.15 Å². The number of esters is 1. The van der Waals surface area contributed by atoms with Crippen molar-refractivity contribution in [1.82, 2.24) is 14.5 Å². The summed E-state index contributed by atoms with van der Waals surface area (Å²) in [6, 6.07) is 0. The van der Waals surface area contributed by atoms with Crippen LogP contribution in [-0.4, -0.2) is 27.1 Å². The third kappa shape index (κ3) is 1.63. The van der Waals surface area contributed by atoms with Crippen LogP contribution in [-0.2, 0) is 11.8 Å². The molecule has 0 aromatic carbocycles. The van der Waals surface area contributed by atoms with Crippen molar-refractivity contribution < 1.29 is 9.53 Å². The largest absolute Gasteiger partial charge is 0.462 e. The molecule has 0 N–H and O–H groups in total. The minimum Gasteiger partial charge on any atom is -0.462 e. The molecule has 84 valence electrons. The van der Waals surface area contributed by atoms with E-state index in [1.165, 1.54) is 6.33 Å². The Balaban J connectivity index is 2.64. The van der Waals surface area contributed by atoms with Gasteiger partial charge in [-0.2, -0.15) is 0 Å². The van der Waals surface area contributed by atoms with E-state index in [-0.39, 0.29) is 0 Å². The number of halogens is 1. The van der Waals surface area contributed by atoms with Gasteiger partial charge in [0.1, 0.15) is 22.9 Å². The van der Waals surface area contributed by atoms with Crippen molar-refractivity contribution in [2.24, 2.45) is 7.05 Å². The lowest BCUT2D eigenvalue weighted by Crippen LogP contribution is -2.04. The highest BCUT2D eigenvalue weighted by Crippen LogP contribution is 2.23. The van der Waals surface area contributed by atoms with Crippen molar-refractivity contribution in [3.8, 4) is 0 Å². The zero-order valence-electron chi connectivity index (χ0n) is 8.90. The summed E-state index contributed by atoms with van der Waals surface area (Å²) in [6.07, 6.45) is 2.97. The van der Waals surface area contributed by atoms with Crippen LogP contribution >= 0.6 is 11.6 Å². The highest BCUT2D eigenvalue weighted by atomic mass is 35.5. The maximum absolute atomic E-state index is 11.6. The predicted octanol–water partition coefficient (Wildman–Crippen LogP) is 1.80. The standard InChI is InChI=1S/C10H10ClN3O2/c1-3-16-10(15)6-4-14(2)8-7(6)12-5-13-9(8)11/h4-5H,3H2,1-2H3. The Kier molecular flexibility index (Phi) is 2.78. The van der Waals surface area contributed by atoms with E-state index in [0.29, 0.717) is 28.4 Å². The number of carbonyl (C=O) groups excluding carboxylic acids is 1. The van der Waals surface area contributed by atoms with Crippen LogP contribution < -0.4 is 0 Å². The van der Waals surface area contributed by atoms with Crippen molar-refractivity contribution in [3.05, 3.63) is 23.2 Å². The average molecular weight is 240 g/mol. The molecule has 0 atom stereocenters. The van der Waals surface area contributed by atoms with Crippen LogP contribution in [0.3, 0.4) is 0 Å². The molecule has 5 nitrogen and oxygen atoms in total. The van der Waals surface area contributed by atoms with Crippen molar-refractivity contribution in [3.63, 3.8) is 0 Å². The Morgan fingerprint density at radius 1 is 1.56 bits per heavy atom. The summed E-state index contributed by atoms with van der Waals surface area (Å²) in [7, 11) is 1.78. The highest BCUT2D eigenvalue weighted by Gasteiger charge is 2.18.